The van der Waals surface area contributed by atoms with Gasteiger partial charge in [0, 0.05) is 12.2 Å². The van der Waals surface area contributed by atoms with Crippen molar-refractivity contribution in [3.05, 3.63) is 24.0 Å². The maximum absolute atomic E-state index is 4.10. The molecular weight excluding hydrogens is 160 g/mol. The van der Waals surface area contributed by atoms with E-state index in [2.05, 4.69) is 31.1 Å². The first-order valence-corrected chi connectivity index (χ1v) is 4.91. The standard InChI is InChI=1S/C11H18N2/c1-4-5-10(3)13-11-8-12-7-6-9(11)2/h6-8,10,13H,4-5H2,1-3H3/t10-/m0/s1. The molecule has 1 aromatic rings. The van der Waals surface area contributed by atoms with Crippen molar-refractivity contribution in [3.8, 4) is 0 Å². The summed E-state index contributed by atoms with van der Waals surface area (Å²) in [7, 11) is 0. The van der Waals surface area contributed by atoms with Crippen LogP contribution >= 0.6 is 0 Å². The molecule has 1 rings (SSSR count). The molecule has 2 nitrogen and oxygen atoms in total. The van der Waals surface area contributed by atoms with Crippen molar-refractivity contribution in [1.29, 1.82) is 0 Å². The molecule has 0 radical (unpaired) electrons. The Kier molecular flexibility index (Phi) is 3.74. The van der Waals surface area contributed by atoms with Gasteiger partial charge in [-0.15, -0.1) is 0 Å². The van der Waals surface area contributed by atoms with Gasteiger partial charge in [0.1, 0.15) is 0 Å². The number of nitrogens with one attached hydrogen (secondary N) is 1. The van der Waals surface area contributed by atoms with E-state index in [1.807, 2.05) is 18.5 Å². The molecule has 0 aliphatic rings. The molecule has 1 N–H and O–H groups in total. The van der Waals surface area contributed by atoms with E-state index in [0.29, 0.717) is 6.04 Å². The molecule has 1 atom stereocenters. The summed E-state index contributed by atoms with van der Waals surface area (Å²) in [6.07, 6.45) is 6.13. The highest BCUT2D eigenvalue weighted by atomic mass is 14.9. The lowest BCUT2D eigenvalue weighted by atomic mass is 10.1. The summed E-state index contributed by atoms with van der Waals surface area (Å²) in [5, 5.41) is 3.45. The molecule has 0 amide bonds. The minimum Gasteiger partial charge on any atom is -0.381 e. The molecule has 0 saturated carbocycles. The number of pyridine rings is 1. The Morgan fingerprint density at radius 3 is 2.92 bits per heavy atom. The molecule has 0 fully saturated rings. The van der Waals surface area contributed by atoms with Crippen molar-refractivity contribution < 1.29 is 0 Å². The third kappa shape index (κ3) is 3.05. The van der Waals surface area contributed by atoms with E-state index in [-0.39, 0.29) is 0 Å². The molecule has 0 aliphatic carbocycles. The number of aryl methyl sites for hydroxylation is 1. The van der Waals surface area contributed by atoms with Crippen molar-refractivity contribution >= 4 is 5.69 Å². The zero-order valence-corrected chi connectivity index (χ0v) is 8.67. The van der Waals surface area contributed by atoms with Crippen LogP contribution in [0, 0.1) is 6.92 Å². The summed E-state index contributed by atoms with van der Waals surface area (Å²) in [4.78, 5) is 4.10. The molecule has 72 valence electrons. The molecule has 0 aliphatic heterocycles. The van der Waals surface area contributed by atoms with E-state index >= 15 is 0 Å². The van der Waals surface area contributed by atoms with Crippen molar-refractivity contribution in [3.63, 3.8) is 0 Å². The van der Waals surface area contributed by atoms with E-state index in [4.69, 9.17) is 0 Å². The van der Waals surface area contributed by atoms with Gasteiger partial charge in [-0.2, -0.15) is 0 Å². The second-order valence-electron chi connectivity index (χ2n) is 3.52. The van der Waals surface area contributed by atoms with Crippen LogP contribution in [0.1, 0.15) is 32.3 Å². The van der Waals surface area contributed by atoms with Gasteiger partial charge < -0.3 is 5.32 Å². The second-order valence-corrected chi connectivity index (χ2v) is 3.52. The van der Waals surface area contributed by atoms with Gasteiger partial charge in [0.2, 0.25) is 0 Å². The Balaban J connectivity index is 2.58. The fourth-order valence-electron chi connectivity index (χ4n) is 1.39. The van der Waals surface area contributed by atoms with Gasteiger partial charge in [0.25, 0.3) is 0 Å². The lowest BCUT2D eigenvalue weighted by Gasteiger charge is -2.15. The Morgan fingerprint density at radius 1 is 1.54 bits per heavy atom. The maximum Gasteiger partial charge on any atom is 0.0558 e. The predicted octanol–water partition coefficient (Wildman–Crippen LogP) is 2.99. The van der Waals surface area contributed by atoms with E-state index in [9.17, 15) is 0 Å². The van der Waals surface area contributed by atoms with Gasteiger partial charge in [-0.3, -0.25) is 4.98 Å². The van der Waals surface area contributed by atoms with E-state index < -0.39 is 0 Å². The molecule has 13 heavy (non-hydrogen) atoms. The lowest BCUT2D eigenvalue weighted by molar-refractivity contribution is 0.689. The predicted molar refractivity (Wildman–Crippen MR) is 57.0 cm³/mol. The third-order valence-electron chi connectivity index (χ3n) is 2.16. The number of hydrogen-bond acceptors (Lipinski definition) is 2. The average Bonchev–Trinajstić information content (AvgIpc) is 2.09. The van der Waals surface area contributed by atoms with Crippen LogP contribution < -0.4 is 5.32 Å². The van der Waals surface area contributed by atoms with Crippen molar-refractivity contribution in [2.45, 2.75) is 39.7 Å². The summed E-state index contributed by atoms with van der Waals surface area (Å²) in [6.45, 7) is 6.51. The summed E-state index contributed by atoms with van der Waals surface area (Å²) in [5.74, 6) is 0. The molecular formula is C11H18N2. The van der Waals surface area contributed by atoms with Crippen LogP contribution in [-0.4, -0.2) is 11.0 Å². The molecule has 0 spiro atoms. The molecule has 1 aromatic heterocycles. The Bertz CT molecular complexity index is 258. The second kappa shape index (κ2) is 4.85. The maximum atomic E-state index is 4.10. The monoisotopic (exact) mass is 178 g/mol. The third-order valence-corrected chi connectivity index (χ3v) is 2.16. The SMILES string of the molecule is CCC[C@H](C)Nc1cnccc1C. The Hall–Kier alpha value is -1.05. The van der Waals surface area contributed by atoms with Crippen LogP contribution in [0.4, 0.5) is 5.69 Å². The Morgan fingerprint density at radius 2 is 2.31 bits per heavy atom. The highest BCUT2D eigenvalue weighted by Crippen LogP contribution is 2.13. The summed E-state index contributed by atoms with van der Waals surface area (Å²) >= 11 is 0. The van der Waals surface area contributed by atoms with Gasteiger partial charge in [-0.05, 0) is 31.9 Å². The number of anilines is 1. The van der Waals surface area contributed by atoms with E-state index in [0.717, 1.165) is 5.69 Å². The first kappa shape index (κ1) is 10.0. The lowest BCUT2D eigenvalue weighted by Crippen LogP contribution is -2.15. The van der Waals surface area contributed by atoms with Gasteiger partial charge in [-0.1, -0.05) is 13.3 Å². The molecule has 0 saturated heterocycles. The van der Waals surface area contributed by atoms with Crippen molar-refractivity contribution in [2.75, 3.05) is 5.32 Å². The van der Waals surface area contributed by atoms with Crippen LogP contribution in [0.25, 0.3) is 0 Å². The zero-order valence-electron chi connectivity index (χ0n) is 8.67. The first-order valence-electron chi connectivity index (χ1n) is 4.91. The quantitative estimate of drug-likeness (QED) is 0.766. The number of hydrogen-bond donors (Lipinski definition) is 1. The molecule has 1 heterocycles. The number of aromatic nitrogens is 1. The van der Waals surface area contributed by atoms with Crippen molar-refractivity contribution in [1.82, 2.24) is 4.98 Å². The molecule has 0 bridgehead atoms. The van der Waals surface area contributed by atoms with Gasteiger partial charge >= 0.3 is 0 Å². The smallest absolute Gasteiger partial charge is 0.0558 e. The van der Waals surface area contributed by atoms with Crippen LogP contribution in [-0.2, 0) is 0 Å². The van der Waals surface area contributed by atoms with Gasteiger partial charge in [0.15, 0.2) is 0 Å². The minimum absolute atomic E-state index is 0.535. The summed E-state index contributed by atoms with van der Waals surface area (Å²) in [5.41, 5.74) is 2.42. The van der Waals surface area contributed by atoms with Crippen molar-refractivity contribution in [2.24, 2.45) is 0 Å². The topological polar surface area (TPSA) is 24.9 Å². The summed E-state index contributed by atoms with van der Waals surface area (Å²) in [6, 6.07) is 2.56. The molecule has 0 unspecified atom stereocenters. The summed E-state index contributed by atoms with van der Waals surface area (Å²) < 4.78 is 0. The van der Waals surface area contributed by atoms with Crippen LogP contribution in [0.15, 0.2) is 18.5 Å². The normalized spacial score (nSPS) is 12.5. The largest absolute Gasteiger partial charge is 0.381 e. The first-order chi connectivity index (χ1) is 6.24. The highest BCUT2D eigenvalue weighted by molar-refractivity contribution is 5.48. The fraction of sp³-hybridized carbons (Fsp3) is 0.545. The van der Waals surface area contributed by atoms with Gasteiger partial charge in [-0.25, -0.2) is 0 Å². The van der Waals surface area contributed by atoms with Crippen LogP contribution in [0.5, 0.6) is 0 Å². The zero-order chi connectivity index (χ0) is 9.68. The van der Waals surface area contributed by atoms with Gasteiger partial charge in [0.05, 0.1) is 11.9 Å². The van der Waals surface area contributed by atoms with Crippen LogP contribution in [0.2, 0.25) is 0 Å². The average molecular weight is 178 g/mol. The number of nitrogens with zero attached hydrogens (tertiary/aromatic N) is 1. The Labute approximate surface area is 80.4 Å². The van der Waals surface area contributed by atoms with Crippen LogP contribution in [0.3, 0.4) is 0 Å². The fourth-order valence-corrected chi connectivity index (χ4v) is 1.39. The molecule has 0 aromatic carbocycles. The minimum atomic E-state index is 0.535. The molecule has 2 heteroatoms. The highest BCUT2D eigenvalue weighted by Gasteiger charge is 2.01. The van der Waals surface area contributed by atoms with E-state index in [1.165, 1.54) is 18.4 Å². The number of rotatable bonds is 4. The van der Waals surface area contributed by atoms with E-state index in [1.54, 1.807) is 0 Å².